The summed E-state index contributed by atoms with van der Waals surface area (Å²) >= 11 is 0. The summed E-state index contributed by atoms with van der Waals surface area (Å²) in [5.41, 5.74) is 7.10. The summed E-state index contributed by atoms with van der Waals surface area (Å²) in [5, 5.41) is 0. The molecule has 1 atom stereocenters. The first-order valence-corrected chi connectivity index (χ1v) is 6.41. The van der Waals surface area contributed by atoms with Gasteiger partial charge in [-0.3, -0.25) is 0 Å². The number of rotatable bonds is 5. The second kappa shape index (κ2) is 6.07. The summed E-state index contributed by atoms with van der Waals surface area (Å²) in [6.45, 7) is 3.14. The zero-order chi connectivity index (χ0) is 13.0. The Morgan fingerprint density at radius 2 is 2.17 bits per heavy atom. The van der Waals surface area contributed by atoms with Crippen LogP contribution in [0.3, 0.4) is 0 Å². The van der Waals surface area contributed by atoms with E-state index in [4.69, 9.17) is 15.2 Å². The van der Waals surface area contributed by atoms with E-state index in [1.54, 1.807) is 14.2 Å². The van der Waals surface area contributed by atoms with E-state index in [1.165, 1.54) is 5.56 Å². The lowest BCUT2D eigenvalue weighted by Crippen LogP contribution is -2.28. The fourth-order valence-electron chi connectivity index (χ4n) is 2.42. The molecule has 2 rings (SSSR count). The molecule has 1 aliphatic heterocycles. The maximum atomic E-state index is 5.91. The smallest absolute Gasteiger partial charge is 0.122 e. The number of methoxy groups -OCH3 is 2. The quantitative estimate of drug-likeness (QED) is 0.855. The summed E-state index contributed by atoms with van der Waals surface area (Å²) < 4.78 is 10.6. The van der Waals surface area contributed by atoms with E-state index in [9.17, 15) is 0 Å². The third kappa shape index (κ3) is 3.15. The molecule has 4 nitrogen and oxygen atoms in total. The number of likely N-dealkylation sites (tertiary alicyclic amines) is 1. The first-order chi connectivity index (χ1) is 8.72. The molecule has 1 saturated heterocycles. The number of ether oxygens (including phenoxy) is 2. The SMILES string of the molecule is COc1ccc(OC)c(CCN2CCC(N)C2)c1. The topological polar surface area (TPSA) is 47.7 Å². The van der Waals surface area contributed by atoms with E-state index in [0.717, 1.165) is 44.0 Å². The van der Waals surface area contributed by atoms with Crippen molar-refractivity contribution in [3.05, 3.63) is 23.8 Å². The van der Waals surface area contributed by atoms with E-state index in [-0.39, 0.29) is 0 Å². The Bertz CT molecular complexity index is 395. The van der Waals surface area contributed by atoms with Gasteiger partial charge in [-0.05, 0) is 43.1 Å². The van der Waals surface area contributed by atoms with Crippen molar-refractivity contribution in [2.24, 2.45) is 5.73 Å². The highest BCUT2D eigenvalue weighted by molar-refractivity contribution is 5.40. The van der Waals surface area contributed by atoms with Gasteiger partial charge in [-0.2, -0.15) is 0 Å². The van der Waals surface area contributed by atoms with Crippen LogP contribution in [0.1, 0.15) is 12.0 Å². The van der Waals surface area contributed by atoms with Gasteiger partial charge in [0.2, 0.25) is 0 Å². The molecule has 1 unspecified atom stereocenters. The van der Waals surface area contributed by atoms with E-state index in [0.29, 0.717) is 6.04 Å². The summed E-state index contributed by atoms with van der Waals surface area (Å²) in [6, 6.07) is 6.28. The maximum Gasteiger partial charge on any atom is 0.122 e. The third-order valence-electron chi connectivity index (χ3n) is 3.49. The van der Waals surface area contributed by atoms with Gasteiger partial charge in [0.1, 0.15) is 11.5 Å². The number of hydrogen-bond acceptors (Lipinski definition) is 4. The van der Waals surface area contributed by atoms with Crippen molar-refractivity contribution >= 4 is 0 Å². The predicted octanol–water partition coefficient (Wildman–Crippen LogP) is 1.28. The fraction of sp³-hybridized carbons (Fsp3) is 0.571. The first kappa shape index (κ1) is 13.2. The molecule has 0 bridgehead atoms. The summed E-state index contributed by atoms with van der Waals surface area (Å²) in [7, 11) is 3.39. The van der Waals surface area contributed by atoms with Crippen LogP contribution in [0.25, 0.3) is 0 Å². The van der Waals surface area contributed by atoms with Gasteiger partial charge in [-0.1, -0.05) is 0 Å². The minimum absolute atomic E-state index is 0.345. The average molecular weight is 250 g/mol. The molecule has 100 valence electrons. The number of benzene rings is 1. The highest BCUT2D eigenvalue weighted by atomic mass is 16.5. The van der Waals surface area contributed by atoms with Gasteiger partial charge in [0, 0.05) is 19.1 Å². The Balaban J connectivity index is 1.98. The molecule has 1 heterocycles. The van der Waals surface area contributed by atoms with Crippen LogP contribution in [0.5, 0.6) is 11.5 Å². The molecule has 1 aromatic rings. The van der Waals surface area contributed by atoms with Gasteiger partial charge in [0.25, 0.3) is 0 Å². The number of nitrogens with two attached hydrogens (primary N) is 1. The van der Waals surface area contributed by atoms with Crippen LogP contribution in [0.4, 0.5) is 0 Å². The minimum Gasteiger partial charge on any atom is -0.497 e. The van der Waals surface area contributed by atoms with Gasteiger partial charge in [-0.15, -0.1) is 0 Å². The molecular weight excluding hydrogens is 228 g/mol. The monoisotopic (exact) mass is 250 g/mol. The second-order valence-corrected chi connectivity index (χ2v) is 4.78. The molecule has 0 amide bonds. The molecule has 0 radical (unpaired) electrons. The molecular formula is C14H22N2O2. The van der Waals surface area contributed by atoms with Gasteiger partial charge in [0.05, 0.1) is 14.2 Å². The predicted molar refractivity (Wildman–Crippen MR) is 72.3 cm³/mol. The van der Waals surface area contributed by atoms with E-state index in [2.05, 4.69) is 11.0 Å². The molecule has 0 spiro atoms. The third-order valence-corrected chi connectivity index (χ3v) is 3.49. The van der Waals surface area contributed by atoms with Crippen LogP contribution >= 0.6 is 0 Å². The lowest BCUT2D eigenvalue weighted by molar-refractivity contribution is 0.334. The zero-order valence-electron chi connectivity index (χ0n) is 11.2. The lowest BCUT2D eigenvalue weighted by Gasteiger charge is -2.16. The molecule has 18 heavy (non-hydrogen) atoms. The molecule has 2 N–H and O–H groups in total. The summed E-state index contributed by atoms with van der Waals surface area (Å²) in [4.78, 5) is 2.41. The Morgan fingerprint density at radius 1 is 1.33 bits per heavy atom. The van der Waals surface area contributed by atoms with Crippen LogP contribution in [0, 0.1) is 0 Å². The molecule has 1 fully saturated rings. The summed E-state index contributed by atoms with van der Waals surface area (Å²) in [6.07, 6.45) is 2.07. The average Bonchev–Trinajstić information content (AvgIpc) is 2.81. The van der Waals surface area contributed by atoms with Crippen LogP contribution in [0.15, 0.2) is 18.2 Å². The van der Waals surface area contributed by atoms with Crippen molar-refractivity contribution < 1.29 is 9.47 Å². The van der Waals surface area contributed by atoms with Crippen LogP contribution < -0.4 is 15.2 Å². The Hall–Kier alpha value is -1.26. The molecule has 0 saturated carbocycles. The van der Waals surface area contributed by atoms with E-state index in [1.807, 2.05) is 12.1 Å². The molecule has 1 aromatic carbocycles. The van der Waals surface area contributed by atoms with Crippen molar-refractivity contribution in [1.29, 1.82) is 0 Å². The van der Waals surface area contributed by atoms with Crippen LogP contribution in [-0.4, -0.2) is 44.8 Å². The second-order valence-electron chi connectivity index (χ2n) is 4.78. The van der Waals surface area contributed by atoms with Crippen molar-refractivity contribution in [3.63, 3.8) is 0 Å². The first-order valence-electron chi connectivity index (χ1n) is 6.41. The molecule has 1 aliphatic rings. The normalized spacial score (nSPS) is 20.1. The van der Waals surface area contributed by atoms with Gasteiger partial charge in [0.15, 0.2) is 0 Å². The lowest BCUT2D eigenvalue weighted by atomic mass is 10.1. The van der Waals surface area contributed by atoms with Gasteiger partial charge < -0.3 is 20.1 Å². The summed E-state index contributed by atoms with van der Waals surface area (Å²) in [5.74, 6) is 1.81. The standard InChI is InChI=1S/C14H22N2O2/c1-17-13-3-4-14(18-2)11(9-13)5-7-16-8-6-12(15)10-16/h3-4,9,12H,5-8,10,15H2,1-2H3. The van der Waals surface area contributed by atoms with Crippen molar-refractivity contribution in [2.45, 2.75) is 18.9 Å². The highest BCUT2D eigenvalue weighted by Crippen LogP contribution is 2.24. The largest absolute Gasteiger partial charge is 0.497 e. The minimum atomic E-state index is 0.345. The van der Waals surface area contributed by atoms with Gasteiger partial charge >= 0.3 is 0 Å². The zero-order valence-corrected chi connectivity index (χ0v) is 11.2. The Labute approximate surface area is 109 Å². The number of nitrogens with zero attached hydrogens (tertiary/aromatic N) is 1. The van der Waals surface area contributed by atoms with E-state index < -0.39 is 0 Å². The van der Waals surface area contributed by atoms with Crippen molar-refractivity contribution in [3.8, 4) is 11.5 Å². The Kier molecular flexibility index (Phi) is 4.44. The number of hydrogen-bond donors (Lipinski definition) is 1. The maximum absolute atomic E-state index is 5.91. The van der Waals surface area contributed by atoms with Crippen LogP contribution in [-0.2, 0) is 6.42 Å². The van der Waals surface area contributed by atoms with Crippen molar-refractivity contribution in [1.82, 2.24) is 4.90 Å². The molecule has 0 aliphatic carbocycles. The van der Waals surface area contributed by atoms with Gasteiger partial charge in [-0.25, -0.2) is 0 Å². The van der Waals surface area contributed by atoms with Crippen LogP contribution in [0.2, 0.25) is 0 Å². The highest BCUT2D eigenvalue weighted by Gasteiger charge is 2.18. The molecule has 4 heteroatoms. The fourth-order valence-corrected chi connectivity index (χ4v) is 2.42. The van der Waals surface area contributed by atoms with Crippen molar-refractivity contribution in [2.75, 3.05) is 33.9 Å². The molecule has 0 aromatic heterocycles. The Morgan fingerprint density at radius 3 is 2.78 bits per heavy atom. The van der Waals surface area contributed by atoms with E-state index >= 15 is 0 Å².